The average Bonchev–Trinajstić information content (AvgIpc) is 3.44. The van der Waals surface area contributed by atoms with Crippen LogP contribution in [0.1, 0.15) is 52.4 Å². The van der Waals surface area contributed by atoms with Crippen molar-refractivity contribution in [2.24, 2.45) is 0 Å². The van der Waals surface area contributed by atoms with Gasteiger partial charge in [-0.15, -0.1) is 0 Å². The first-order valence-electron chi connectivity index (χ1n) is 11.0. The van der Waals surface area contributed by atoms with Crippen LogP contribution in [0.4, 0.5) is 4.39 Å². The first-order chi connectivity index (χ1) is 15.1. The highest BCUT2D eigenvalue weighted by Gasteiger charge is 2.34. The molecule has 0 bridgehead atoms. The number of benzene rings is 2. The second kappa shape index (κ2) is 8.27. The third-order valence-corrected chi connectivity index (χ3v) is 6.40. The number of carbonyl (C=O) groups excluding carboxylic acids is 1. The second-order valence-electron chi connectivity index (χ2n) is 8.34. The maximum atomic E-state index is 14.9. The van der Waals surface area contributed by atoms with E-state index >= 15 is 0 Å². The number of fused-ring (bicyclic) bond motifs is 1. The number of halogens is 1. The van der Waals surface area contributed by atoms with Gasteiger partial charge in [0.2, 0.25) is 0 Å². The van der Waals surface area contributed by atoms with E-state index in [1.807, 2.05) is 29.2 Å². The molecule has 1 amide bonds. The number of hydrogen-bond acceptors (Lipinski definition) is 3. The first-order valence-corrected chi connectivity index (χ1v) is 11.0. The Labute approximate surface area is 181 Å². The second-order valence-corrected chi connectivity index (χ2v) is 8.34. The van der Waals surface area contributed by atoms with Crippen molar-refractivity contribution in [3.63, 3.8) is 0 Å². The number of nitrogens with zero attached hydrogens (tertiary/aromatic N) is 3. The molecule has 6 heteroatoms. The SMILES string of the molecule is CCc1cc2c(cc1Cc1ccc(-n3cccn3)cc1F)C(=O)N(C1CCCOC1)C2. The summed E-state index contributed by atoms with van der Waals surface area (Å²) in [7, 11) is 0. The maximum absolute atomic E-state index is 14.9. The minimum Gasteiger partial charge on any atom is -0.379 e. The van der Waals surface area contributed by atoms with Crippen LogP contribution in [0, 0.1) is 5.82 Å². The summed E-state index contributed by atoms with van der Waals surface area (Å²) in [6.07, 6.45) is 6.74. The molecule has 1 aromatic heterocycles. The van der Waals surface area contributed by atoms with Gasteiger partial charge in [0.15, 0.2) is 0 Å². The highest BCUT2D eigenvalue weighted by Crippen LogP contribution is 2.31. The third kappa shape index (κ3) is 3.76. The van der Waals surface area contributed by atoms with E-state index in [0.717, 1.165) is 42.6 Å². The van der Waals surface area contributed by atoms with Gasteiger partial charge < -0.3 is 9.64 Å². The normalized spacial score (nSPS) is 18.5. The largest absolute Gasteiger partial charge is 0.379 e. The topological polar surface area (TPSA) is 47.4 Å². The van der Waals surface area contributed by atoms with Gasteiger partial charge in [0.25, 0.3) is 5.91 Å². The molecule has 1 saturated heterocycles. The van der Waals surface area contributed by atoms with Crippen molar-refractivity contribution in [2.45, 2.75) is 45.2 Å². The molecule has 0 spiro atoms. The van der Waals surface area contributed by atoms with Gasteiger partial charge >= 0.3 is 0 Å². The smallest absolute Gasteiger partial charge is 0.254 e. The zero-order chi connectivity index (χ0) is 21.4. The van der Waals surface area contributed by atoms with E-state index in [2.05, 4.69) is 18.1 Å². The molecule has 0 N–H and O–H groups in total. The lowest BCUT2D eigenvalue weighted by Gasteiger charge is -2.30. The van der Waals surface area contributed by atoms with Gasteiger partial charge in [-0.25, -0.2) is 9.07 Å². The molecule has 1 unspecified atom stereocenters. The Morgan fingerprint density at radius 3 is 2.81 bits per heavy atom. The highest BCUT2D eigenvalue weighted by molar-refractivity contribution is 5.99. The molecule has 2 aliphatic rings. The zero-order valence-electron chi connectivity index (χ0n) is 17.7. The van der Waals surface area contributed by atoms with E-state index in [0.29, 0.717) is 30.8 Å². The lowest BCUT2D eigenvalue weighted by atomic mass is 9.93. The minimum atomic E-state index is -0.261. The predicted octanol–water partition coefficient (Wildman–Crippen LogP) is 4.30. The van der Waals surface area contributed by atoms with Crippen LogP contribution in [-0.2, 0) is 24.1 Å². The van der Waals surface area contributed by atoms with Crippen LogP contribution in [0.15, 0.2) is 48.8 Å². The molecule has 31 heavy (non-hydrogen) atoms. The Balaban J connectivity index is 1.42. The molecule has 5 nitrogen and oxygen atoms in total. The number of rotatable bonds is 5. The molecule has 2 aromatic carbocycles. The van der Waals surface area contributed by atoms with Crippen LogP contribution >= 0.6 is 0 Å². The molecule has 0 aliphatic carbocycles. The molecule has 2 aliphatic heterocycles. The molecular weight excluding hydrogens is 393 g/mol. The average molecular weight is 420 g/mol. The Kier molecular flexibility index (Phi) is 5.32. The van der Waals surface area contributed by atoms with Crippen molar-refractivity contribution in [3.8, 4) is 5.69 Å². The van der Waals surface area contributed by atoms with E-state index in [9.17, 15) is 9.18 Å². The van der Waals surface area contributed by atoms with E-state index in [4.69, 9.17) is 4.74 Å². The minimum absolute atomic E-state index is 0.0731. The number of carbonyl (C=O) groups is 1. The summed E-state index contributed by atoms with van der Waals surface area (Å²) in [5.74, 6) is -0.188. The Morgan fingerprint density at radius 2 is 2.10 bits per heavy atom. The summed E-state index contributed by atoms with van der Waals surface area (Å²) < 4.78 is 22.1. The lowest BCUT2D eigenvalue weighted by molar-refractivity contribution is 0.0179. The Hall–Kier alpha value is -2.99. The summed E-state index contributed by atoms with van der Waals surface area (Å²) in [6, 6.07) is 11.3. The van der Waals surface area contributed by atoms with Crippen LogP contribution in [0.2, 0.25) is 0 Å². The summed E-state index contributed by atoms with van der Waals surface area (Å²) in [6.45, 7) is 4.13. The highest BCUT2D eigenvalue weighted by atomic mass is 19.1. The monoisotopic (exact) mass is 419 g/mol. The number of aromatic nitrogens is 2. The molecule has 0 saturated carbocycles. The van der Waals surface area contributed by atoms with Crippen molar-refractivity contribution in [3.05, 3.63) is 82.4 Å². The zero-order valence-corrected chi connectivity index (χ0v) is 17.7. The quantitative estimate of drug-likeness (QED) is 0.620. The van der Waals surface area contributed by atoms with Gasteiger partial charge in [0.05, 0.1) is 18.3 Å². The standard InChI is InChI=1S/C25H26FN3O2/c1-2-17-11-20-15-28(22-5-3-10-31-16-22)25(30)23(20)13-19(17)12-18-6-7-21(14-24(18)26)29-9-4-8-27-29/h4,6-9,11,13-14,22H,2-3,5,10,12,15-16H2,1H3. The molecule has 3 aromatic rings. The van der Waals surface area contributed by atoms with Gasteiger partial charge in [0, 0.05) is 37.5 Å². The number of aryl methyl sites for hydroxylation is 1. The summed E-state index contributed by atoms with van der Waals surface area (Å²) in [5.41, 5.74) is 5.33. The van der Waals surface area contributed by atoms with Crippen molar-refractivity contribution in [1.29, 1.82) is 0 Å². The molecule has 0 radical (unpaired) electrons. The predicted molar refractivity (Wildman–Crippen MR) is 116 cm³/mol. The van der Waals surface area contributed by atoms with Crippen LogP contribution < -0.4 is 0 Å². The van der Waals surface area contributed by atoms with Gasteiger partial charge in [0.1, 0.15) is 5.82 Å². The summed E-state index contributed by atoms with van der Waals surface area (Å²) in [5, 5.41) is 4.16. The summed E-state index contributed by atoms with van der Waals surface area (Å²) >= 11 is 0. The Bertz CT molecular complexity index is 1100. The molecule has 3 heterocycles. The molecule has 5 rings (SSSR count). The van der Waals surface area contributed by atoms with E-state index in [-0.39, 0.29) is 17.8 Å². The Morgan fingerprint density at radius 1 is 1.19 bits per heavy atom. The molecule has 160 valence electrons. The molecule has 1 atom stereocenters. The fourth-order valence-electron chi connectivity index (χ4n) is 4.69. The van der Waals surface area contributed by atoms with E-state index in [1.54, 1.807) is 17.1 Å². The van der Waals surface area contributed by atoms with Crippen LogP contribution in [0.25, 0.3) is 5.69 Å². The summed E-state index contributed by atoms with van der Waals surface area (Å²) in [4.78, 5) is 15.1. The molecular formula is C25H26FN3O2. The van der Waals surface area contributed by atoms with Crippen LogP contribution in [-0.4, -0.2) is 39.8 Å². The van der Waals surface area contributed by atoms with Gasteiger partial charge in [-0.3, -0.25) is 4.79 Å². The van der Waals surface area contributed by atoms with Gasteiger partial charge in [-0.05, 0) is 65.8 Å². The maximum Gasteiger partial charge on any atom is 0.254 e. The van der Waals surface area contributed by atoms with Crippen molar-refractivity contribution < 1.29 is 13.9 Å². The van der Waals surface area contributed by atoms with Gasteiger partial charge in [-0.1, -0.05) is 19.1 Å². The van der Waals surface area contributed by atoms with Crippen LogP contribution in [0.3, 0.4) is 0 Å². The first kappa shape index (κ1) is 19.9. The number of amides is 1. The van der Waals surface area contributed by atoms with Crippen molar-refractivity contribution in [1.82, 2.24) is 14.7 Å². The number of hydrogen-bond donors (Lipinski definition) is 0. The van der Waals surface area contributed by atoms with E-state index in [1.165, 1.54) is 11.6 Å². The van der Waals surface area contributed by atoms with Crippen LogP contribution in [0.5, 0.6) is 0 Å². The van der Waals surface area contributed by atoms with Crippen molar-refractivity contribution >= 4 is 5.91 Å². The molecule has 1 fully saturated rings. The van der Waals surface area contributed by atoms with Gasteiger partial charge in [-0.2, -0.15) is 5.10 Å². The van der Waals surface area contributed by atoms with E-state index < -0.39 is 0 Å². The number of ether oxygens (including phenoxy) is 1. The fourth-order valence-corrected chi connectivity index (χ4v) is 4.69. The lowest BCUT2D eigenvalue weighted by Crippen LogP contribution is -2.41. The third-order valence-electron chi connectivity index (χ3n) is 6.40. The fraction of sp³-hybridized carbons (Fsp3) is 0.360. The van der Waals surface area contributed by atoms with Crippen molar-refractivity contribution in [2.75, 3.05) is 13.2 Å².